The van der Waals surface area contributed by atoms with Crippen LogP contribution < -0.4 is 11.1 Å². The van der Waals surface area contributed by atoms with Crippen LogP contribution in [0.15, 0.2) is 30.3 Å². The third kappa shape index (κ3) is 3.68. The van der Waals surface area contributed by atoms with E-state index in [9.17, 15) is 9.59 Å². The smallest absolute Gasteiger partial charge is 0.251 e. The van der Waals surface area contributed by atoms with Gasteiger partial charge in [-0.15, -0.1) is 11.3 Å². The first-order valence-corrected chi connectivity index (χ1v) is 10.2. The first kappa shape index (κ1) is 18.6. The predicted octanol–water partition coefficient (Wildman–Crippen LogP) is 4.49. The van der Waals surface area contributed by atoms with E-state index in [0.29, 0.717) is 22.9 Å². The van der Waals surface area contributed by atoms with E-state index >= 15 is 0 Å². The monoisotopic (exact) mass is 370 g/mol. The summed E-state index contributed by atoms with van der Waals surface area (Å²) < 4.78 is 0. The highest BCUT2D eigenvalue weighted by Gasteiger charge is 2.29. The summed E-state index contributed by atoms with van der Waals surface area (Å²) in [7, 11) is 0. The molecule has 4 nitrogen and oxygen atoms in total. The molecule has 0 unspecified atom stereocenters. The van der Waals surface area contributed by atoms with Crippen LogP contribution in [0, 0.1) is 5.92 Å². The van der Waals surface area contributed by atoms with Gasteiger partial charge in [-0.3, -0.25) is 9.59 Å². The van der Waals surface area contributed by atoms with Crippen LogP contribution >= 0.6 is 11.3 Å². The minimum absolute atomic E-state index is 0.0770. The SMILES string of the molecule is CC[C@H]1CCc2c(sc(NC(=O)[C@H](CC)c3ccccc3)c2C(N)=O)C1. The second kappa shape index (κ2) is 8.04. The Kier molecular flexibility index (Phi) is 5.77. The Labute approximate surface area is 158 Å². The Balaban J connectivity index is 1.88. The number of carbonyl (C=O) groups is 2. The summed E-state index contributed by atoms with van der Waals surface area (Å²) in [6, 6.07) is 9.75. The molecule has 0 saturated heterocycles. The third-order valence-corrected chi connectivity index (χ3v) is 6.52. The lowest BCUT2D eigenvalue weighted by Crippen LogP contribution is -2.23. The summed E-state index contributed by atoms with van der Waals surface area (Å²) in [6.07, 6.45) is 4.76. The van der Waals surface area contributed by atoms with Crippen LogP contribution in [0.25, 0.3) is 0 Å². The first-order chi connectivity index (χ1) is 12.5. The van der Waals surface area contributed by atoms with Gasteiger partial charge in [-0.05, 0) is 42.7 Å². The zero-order valence-electron chi connectivity index (χ0n) is 15.4. The molecule has 1 aromatic heterocycles. The molecule has 0 fully saturated rings. The zero-order valence-corrected chi connectivity index (χ0v) is 16.2. The van der Waals surface area contributed by atoms with E-state index in [2.05, 4.69) is 12.2 Å². The average molecular weight is 371 g/mol. The number of thiophene rings is 1. The molecule has 0 aliphatic heterocycles. The van der Waals surface area contributed by atoms with E-state index in [4.69, 9.17) is 5.73 Å². The van der Waals surface area contributed by atoms with E-state index in [1.807, 2.05) is 37.3 Å². The van der Waals surface area contributed by atoms with Crippen molar-refractivity contribution in [3.05, 3.63) is 51.9 Å². The predicted molar refractivity (Wildman–Crippen MR) is 107 cm³/mol. The number of primary amides is 1. The van der Waals surface area contributed by atoms with Crippen LogP contribution in [0.4, 0.5) is 5.00 Å². The molecule has 2 amide bonds. The van der Waals surface area contributed by atoms with Crippen molar-refractivity contribution in [3.63, 3.8) is 0 Å². The highest BCUT2D eigenvalue weighted by atomic mass is 32.1. The molecular formula is C21H26N2O2S. The Morgan fingerprint density at radius 2 is 2.00 bits per heavy atom. The van der Waals surface area contributed by atoms with Gasteiger partial charge in [0.15, 0.2) is 0 Å². The van der Waals surface area contributed by atoms with Crippen LogP contribution in [0.1, 0.15) is 65.4 Å². The number of carbonyl (C=O) groups excluding carboxylic acids is 2. The van der Waals surface area contributed by atoms with Gasteiger partial charge in [0.05, 0.1) is 11.5 Å². The minimum Gasteiger partial charge on any atom is -0.365 e. The fraction of sp³-hybridized carbons (Fsp3) is 0.429. The summed E-state index contributed by atoms with van der Waals surface area (Å²) in [5.41, 5.74) is 8.22. The van der Waals surface area contributed by atoms with Gasteiger partial charge in [0.2, 0.25) is 5.91 Å². The van der Waals surface area contributed by atoms with E-state index < -0.39 is 5.91 Å². The topological polar surface area (TPSA) is 72.2 Å². The number of amides is 2. The molecule has 1 aliphatic carbocycles. The van der Waals surface area contributed by atoms with Gasteiger partial charge in [-0.1, -0.05) is 50.6 Å². The molecule has 0 bridgehead atoms. The molecule has 26 heavy (non-hydrogen) atoms. The van der Waals surface area contributed by atoms with Gasteiger partial charge in [-0.25, -0.2) is 0 Å². The molecular weight excluding hydrogens is 344 g/mol. The van der Waals surface area contributed by atoms with Crippen molar-refractivity contribution in [2.75, 3.05) is 5.32 Å². The number of hydrogen-bond acceptors (Lipinski definition) is 3. The average Bonchev–Trinajstić information content (AvgIpc) is 3.00. The zero-order chi connectivity index (χ0) is 18.7. The molecule has 138 valence electrons. The van der Waals surface area contributed by atoms with E-state index in [1.54, 1.807) is 0 Å². The summed E-state index contributed by atoms with van der Waals surface area (Å²) in [4.78, 5) is 26.2. The maximum absolute atomic E-state index is 12.9. The molecule has 5 heteroatoms. The summed E-state index contributed by atoms with van der Waals surface area (Å²) in [5.74, 6) is -0.107. The molecule has 2 atom stereocenters. The van der Waals surface area contributed by atoms with Crippen molar-refractivity contribution in [2.45, 2.75) is 51.9 Å². The lowest BCUT2D eigenvalue weighted by molar-refractivity contribution is -0.117. The minimum atomic E-state index is -0.444. The molecule has 1 aliphatic rings. The number of nitrogens with two attached hydrogens (primary N) is 1. The Morgan fingerprint density at radius 1 is 1.27 bits per heavy atom. The highest BCUT2D eigenvalue weighted by Crippen LogP contribution is 2.40. The number of fused-ring (bicyclic) bond motifs is 1. The van der Waals surface area contributed by atoms with Crippen LogP contribution in [0.5, 0.6) is 0 Å². The van der Waals surface area contributed by atoms with Crippen molar-refractivity contribution in [2.24, 2.45) is 11.7 Å². The normalized spacial score (nSPS) is 17.4. The summed E-state index contributed by atoms with van der Waals surface area (Å²) in [6.45, 7) is 4.20. The Morgan fingerprint density at radius 3 is 2.62 bits per heavy atom. The molecule has 0 spiro atoms. The quantitative estimate of drug-likeness (QED) is 0.786. The molecule has 2 aromatic rings. The van der Waals surface area contributed by atoms with E-state index in [0.717, 1.165) is 36.8 Å². The molecule has 1 aromatic carbocycles. The van der Waals surface area contributed by atoms with Crippen molar-refractivity contribution in [1.29, 1.82) is 0 Å². The van der Waals surface area contributed by atoms with Gasteiger partial charge >= 0.3 is 0 Å². The lowest BCUT2D eigenvalue weighted by Gasteiger charge is -2.20. The maximum atomic E-state index is 12.9. The Hall–Kier alpha value is -2.14. The molecule has 1 heterocycles. The van der Waals surface area contributed by atoms with Crippen LogP contribution in [-0.4, -0.2) is 11.8 Å². The van der Waals surface area contributed by atoms with Crippen molar-refractivity contribution in [1.82, 2.24) is 0 Å². The van der Waals surface area contributed by atoms with Crippen molar-refractivity contribution in [3.8, 4) is 0 Å². The van der Waals surface area contributed by atoms with Crippen LogP contribution in [0.3, 0.4) is 0 Å². The van der Waals surface area contributed by atoms with Gasteiger partial charge in [0.25, 0.3) is 5.91 Å². The second-order valence-electron chi connectivity index (χ2n) is 6.95. The molecule has 3 rings (SSSR count). The van der Waals surface area contributed by atoms with Gasteiger partial charge in [-0.2, -0.15) is 0 Å². The fourth-order valence-electron chi connectivity index (χ4n) is 3.81. The van der Waals surface area contributed by atoms with Gasteiger partial charge < -0.3 is 11.1 Å². The molecule has 0 saturated carbocycles. The van der Waals surface area contributed by atoms with Crippen molar-refractivity contribution < 1.29 is 9.59 Å². The Bertz CT molecular complexity index is 798. The van der Waals surface area contributed by atoms with Gasteiger partial charge in [0, 0.05) is 4.88 Å². The lowest BCUT2D eigenvalue weighted by atomic mass is 9.85. The number of anilines is 1. The largest absolute Gasteiger partial charge is 0.365 e. The number of rotatable bonds is 6. The number of benzene rings is 1. The van der Waals surface area contributed by atoms with E-state index in [1.165, 1.54) is 16.2 Å². The van der Waals surface area contributed by atoms with E-state index in [-0.39, 0.29) is 11.8 Å². The number of hydrogen-bond donors (Lipinski definition) is 2. The van der Waals surface area contributed by atoms with Crippen LogP contribution in [0.2, 0.25) is 0 Å². The highest BCUT2D eigenvalue weighted by molar-refractivity contribution is 7.17. The summed E-state index contributed by atoms with van der Waals surface area (Å²) >= 11 is 1.53. The van der Waals surface area contributed by atoms with Gasteiger partial charge in [0.1, 0.15) is 5.00 Å². The second-order valence-corrected chi connectivity index (χ2v) is 8.06. The van der Waals surface area contributed by atoms with Crippen molar-refractivity contribution >= 4 is 28.2 Å². The fourth-order valence-corrected chi connectivity index (χ4v) is 5.18. The maximum Gasteiger partial charge on any atom is 0.251 e. The number of nitrogens with one attached hydrogen (secondary N) is 1. The third-order valence-electron chi connectivity index (χ3n) is 5.35. The standard InChI is InChI=1S/C21H26N2O2S/c1-3-13-10-11-16-17(12-13)26-21(18(16)19(22)24)23-20(25)15(4-2)14-8-6-5-7-9-14/h5-9,13,15H,3-4,10-12H2,1-2H3,(H2,22,24)(H,23,25)/t13-,15+/m0/s1. The molecule has 0 radical (unpaired) electrons. The summed E-state index contributed by atoms with van der Waals surface area (Å²) in [5, 5.41) is 3.63. The first-order valence-electron chi connectivity index (χ1n) is 9.35. The van der Waals surface area contributed by atoms with Crippen LogP contribution in [-0.2, 0) is 17.6 Å². The molecule has 3 N–H and O–H groups in total.